The van der Waals surface area contributed by atoms with E-state index in [1.165, 1.54) is 12.7 Å². The van der Waals surface area contributed by atoms with Gasteiger partial charge in [-0.3, -0.25) is 14.7 Å². The first-order valence-electron chi connectivity index (χ1n) is 12.6. The second-order valence-corrected chi connectivity index (χ2v) is 10.6. The third-order valence-electron chi connectivity index (χ3n) is 8.43. The highest BCUT2D eigenvalue weighted by Crippen LogP contribution is 2.50. The van der Waals surface area contributed by atoms with Crippen LogP contribution in [0.2, 0.25) is 0 Å². The molecule has 9 nitrogen and oxygen atoms in total. The third kappa shape index (κ3) is 3.89. The van der Waals surface area contributed by atoms with Gasteiger partial charge in [0.15, 0.2) is 5.69 Å². The molecule has 34 heavy (non-hydrogen) atoms. The van der Waals surface area contributed by atoms with Crippen molar-refractivity contribution >= 4 is 11.8 Å². The predicted octanol–water partition coefficient (Wildman–Crippen LogP) is 2.78. The zero-order valence-corrected chi connectivity index (χ0v) is 19.7. The molecule has 2 amide bonds. The highest BCUT2D eigenvalue weighted by molar-refractivity contribution is 5.94. The van der Waals surface area contributed by atoms with Gasteiger partial charge in [0.1, 0.15) is 6.33 Å². The summed E-state index contributed by atoms with van der Waals surface area (Å²) in [6.07, 6.45) is 10.1. The van der Waals surface area contributed by atoms with Gasteiger partial charge in [-0.25, -0.2) is 9.97 Å². The normalized spacial score (nSPS) is 29.6. The number of aryl methyl sites for hydroxylation is 1. The van der Waals surface area contributed by atoms with Gasteiger partial charge < -0.3 is 15.0 Å². The molecule has 2 aliphatic heterocycles. The van der Waals surface area contributed by atoms with Gasteiger partial charge in [0.2, 0.25) is 5.91 Å². The highest BCUT2D eigenvalue weighted by atomic mass is 16.5. The molecule has 180 valence electrons. The lowest BCUT2D eigenvalue weighted by molar-refractivity contribution is -0.168. The van der Waals surface area contributed by atoms with E-state index < -0.39 is 0 Å². The Morgan fingerprint density at radius 3 is 2.59 bits per heavy atom. The van der Waals surface area contributed by atoms with E-state index in [9.17, 15) is 9.59 Å². The number of likely N-dealkylation sites (tertiary alicyclic amines) is 1. The molecule has 0 aromatic carbocycles. The molecule has 2 N–H and O–H groups in total. The number of nitrogens with one attached hydrogen (secondary N) is 2. The molecule has 2 aromatic rings. The van der Waals surface area contributed by atoms with Crippen LogP contribution in [-0.2, 0) is 9.53 Å². The first-order chi connectivity index (χ1) is 16.5. The summed E-state index contributed by atoms with van der Waals surface area (Å²) in [5, 5.41) is 10.5. The summed E-state index contributed by atoms with van der Waals surface area (Å²) >= 11 is 0. The number of amides is 2. The monoisotopic (exact) mass is 464 g/mol. The molecule has 2 aromatic heterocycles. The largest absolute Gasteiger partial charge is 0.375 e. The molecule has 0 unspecified atom stereocenters. The maximum atomic E-state index is 13.4. The Bertz CT molecular complexity index is 1100. The van der Waals surface area contributed by atoms with Crippen LogP contribution >= 0.6 is 0 Å². The number of aromatic nitrogens is 4. The van der Waals surface area contributed by atoms with Crippen LogP contribution in [-0.4, -0.2) is 67.2 Å². The topological polar surface area (TPSA) is 113 Å². The molecule has 1 atom stereocenters. The summed E-state index contributed by atoms with van der Waals surface area (Å²) in [5.41, 5.74) is 2.59. The summed E-state index contributed by atoms with van der Waals surface area (Å²) in [4.78, 5) is 36.8. The number of ether oxygens (including phenoxy) is 1. The van der Waals surface area contributed by atoms with Gasteiger partial charge in [0.25, 0.3) is 5.91 Å². The van der Waals surface area contributed by atoms with Crippen molar-refractivity contribution in [3.05, 3.63) is 29.8 Å². The molecule has 0 radical (unpaired) electrons. The standard InChI is InChI=1S/C25H32N6O3/c1-16-12-19(27-15-26-16)20-13-21(30-29-20)23(33)31-10-4-17(14-24(31)7-8-24)22(32)28-18-2-5-25(6-3-18)9-11-34-25/h12-13,15,17-18H,2-11,14H2,1H3,(H,28,32)(H,29,30)/t17-,18?,25?/m0/s1. The Kier molecular flexibility index (Phi) is 5.20. The molecular weight excluding hydrogens is 432 g/mol. The van der Waals surface area contributed by atoms with Crippen LogP contribution in [0.25, 0.3) is 11.4 Å². The highest BCUT2D eigenvalue weighted by Gasteiger charge is 2.55. The van der Waals surface area contributed by atoms with Crippen molar-refractivity contribution < 1.29 is 14.3 Å². The molecule has 2 saturated heterocycles. The number of nitrogens with zero attached hydrogens (tertiary/aromatic N) is 4. The van der Waals surface area contributed by atoms with Gasteiger partial charge in [-0.05, 0) is 76.8 Å². The summed E-state index contributed by atoms with van der Waals surface area (Å²) in [6, 6.07) is 3.88. The smallest absolute Gasteiger partial charge is 0.274 e. The molecular formula is C25H32N6O3. The summed E-state index contributed by atoms with van der Waals surface area (Å²) in [5.74, 6) is 0.0684. The Morgan fingerprint density at radius 1 is 1.12 bits per heavy atom. The Balaban J connectivity index is 1.08. The maximum Gasteiger partial charge on any atom is 0.274 e. The molecule has 2 spiro atoms. The SMILES string of the molecule is Cc1cc(-c2cc(C(=O)N3CC[C@H](C(=O)NC4CCC5(CCO5)CC4)CC34CC4)n[nH]2)ncn1. The van der Waals surface area contributed by atoms with Crippen LogP contribution < -0.4 is 5.32 Å². The second-order valence-electron chi connectivity index (χ2n) is 10.6. The van der Waals surface area contributed by atoms with Crippen LogP contribution in [0.4, 0.5) is 0 Å². The number of hydrogen-bond donors (Lipinski definition) is 2. The van der Waals surface area contributed by atoms with E-state index in [1.807, 2.05) is 17.9 Å². The molecule has 4 fully saturated rings. The molecule has 6 rings (SSSR count). The molecule has 0 bridgehead atoms. The van der Waals surface area contributed by atoms with Crippen molar-refractivity contribution in [3.8, 4) is 11.4 Å². The lowest BCUT2D eigenvalue weighted by Gasteiger charge is -2.47. The van der Waals surface area contributed by atoms with Crippen LogP contribution in [0, 0.1) is 12.8 Å². The van der Waals surface area contributed by atoms with Gasteiger partial charge in [-0.1, -0.05) is 0 Å². The Morgan fingerprint density at radius 2 is 1.91 bits per heavy atom. The fraction of sp³-hybridized carbons (Fsp3) is 0.640. The zero-order chi connectivity index (χ0) is 23.3. The van der Waals surface area contributed by atoms with E-state index in [1.54, 1.807) is 6.07 Å². The van der Waals surface area contributed by atoms with Crippen molar-refractivity contribution in [1.29, 1.82) is 0 Å². The van der Waals surface area contributed by atoms with Gasteiger partial charge in [0, 0.05) is 29.7 Å². The Hall–Kier alpha value is -2.81. The first-order valence-corrected chi connectivity index (χ1v) is 12.6. The second kappa shape index (κ2) is 8.15. The van der Waals surface area contributed by atoms with Gasteiger partial charge in [0.05, 0.1) is 23.6 Å². The lowest BCUT2D eigenvalue weighted by atomic mass is 9.77. The van der Waals surface area contributed by atoms with Gasteiger partial charge in [-0.15, -0.1) is 0 Å². The van der Waals surface area contributed by atoms with Gasteiger partial charge in [-0.2, -0.15) is 5.10 Å². The molecule has 4 aliphatic rings. The number of hydrogen-bond acceptors (Lipinski definition) is 6. The quantitative estimate of drug-likeness (QED) is 0.719. The third-order valence-corrected chi connectivity index (χ3v) is 8.43. The van der Waals surface area contributed by atoms with Crippen molar-refractivity contribution in [2.75, 3.05) is 13.2 Å². The number of carbonyl (C=O) groups is 2. The van der Waals surface area contributed by atoms with Crippen molar-refractivity contribution in [3.63, 3.8) is 0 Å². The van der Waals surface area contributed by atoms with E-state index in [-0.39, 0.29) is 34.9 Å². The lowest BCUT2D eigenvalue weighted by Crippen LogP contribution is -2.53. The average molecular weight is 465 g/mol. The van der Waals surface area contributed by atoms with E-state index in [4.69, 9.17) is 4.74 Å². The number of H-pyrrole nitrogens is 1. The van der Waals surface area contributed by atoms with E-state index in [0.717, 1.165) is 57.2 Å². The minimum absolute atomic E-state index is 0.0267. The Labute approximate surface area is 199 Å². The summed E-state index contributed by atoms with van der Waals surface area (Å²) in [7, 11) is 0. The van der Waals surface area contributed by atoms with E-state index in [2.05, 4.69) is 25.5 Å². The minimum Gasteiger partial charge on any atom is -0.375 e. The fourth-order valence-corrected chi connectivity index (χ4v) is 6.05. The van der Waals surface area contributed by atoms with Crippen LogP contribution in [0.15, 0.2) is 18.5 Å². The average Bonchev–Trinajstić information content (AvgIpc) is 3.39. The molecule has 2 saturated carbocycles. The number of piperidine rings is 1. The minimum atomic E-state index is -0.196. The number of rotatable bonds is 4. The van der Waals surface area contributed by atoms with E-state index >= 15 is 0 Å². The fourth-order valence-electron chi connectivity index (χ4n) is 6.05. The summed E-state index contributed by atoms with van der Waals surface area (Å²) < 4.78 is 5.80. The summed E-state index contributed by atoms with van der Waals surface area (Å²) in [6.45, 7) is 3.38. The van der Waals surface area contributed by atoms with Gasteiger partial charge >= 0.3 is 0 Å². The van der Waals surface area contributed by atoms with Crippen molar-refractivity contribution in [2.45, 2.75) is 81.9 Å². The van der Waals surface area contributed by atoms with Crippen LogP contribution in [0.3, 0.4) is 0 Å². The maximum absolute atomic E-state index is 13.4. The van der Waals surface area contributed by atoms with E-state index in [0.29, 0.717) is 30.0 Å². The van der Waals surface area contributed by atoms with Crippen LogP contribution in [0.5, 0.6) is 0 Å². The number of aromatic amines is 1. The van der Waals surface area contributed by atoms with Crippen LogP contribution in [0.1, 0.15) is 74.0 Å². The van der Waals surface area contributed by atoms with Crippen molar-refractivity contribution in [1.82, 2.24) is 30.4 Å². The first kappa shape index (κ1) is 21.7. The molecule has 4 heterocycles. The molecule has 9 heteroatoms. The number of carbonyl (C=O) groups excluding carboxylic acids is 2. The zero-order valence-electron chi connectivity index (χ0n) is 19.7. The van der Waals surface area contributed by atoms with Crippen molar-refractivity contribution in [2.24, 2.45) is 5.92 Å². The predicted molar refractivity (Wildman–Crippen MR) is 124 cm³/mol. The molecule has 2 aliphatic carbocycles.